The summed E-state index contributed by atoms with van der Waals surface area (Å²) in [7, 11) is 0. The maximum Gasteiger partial charge on any atom is 0.227 e. The standard InChI is InChI=1S/C19H19FN2O2S/c20-16-9-14-11-23-18(13-5-2-1-3-6-13)24-17(14)15(10-16)12-25-19-21-7-4-8-22-19/h1-3,5-6,9-10,18H,4,7-8,11-12H2,(H,21,22)/t18-/m0/s1. The summed E-state index contributed by atoms with van der Waals surface area (Å²) in [5.74, 6) is 1.07. The number of fused-ring (bicyclic) bond motifs is 1. The van der Waals surface area contributed by atoms with Crippen LogP contribution in [0.4, 0.5) is 4.39 Å². The van der Waals surface area contributed by atoms with Crippen molar-refractivity contribution in [2.75, 3.05) is 13.1 Å². The molecule has 0 fully saturated rings. The third-order valence-corrected chi connectivity index (χ3v) is 5.13. The Labute approximate surface area is 150 Å². The first kappa shape index (κ1) is 16.4. The molecule has 0 aromatic heterocycles. The van der Waals surface area contributed by atoms with Gasteiger partial charge >= 0.3 is 0 Å². The summed E-state index contributed by atoms with van der Waals surface area (Å²) >= 11 is 1.58. The lowest BCUT2D eigenvalue weighted by atomic mass is 10.1. The monoisotopic (exact) mass is 358 g/mol. The number of benzene rings is 2. The lowest BCUT2D eigenvalue weighted by Gasteiger charge is -2.28. The molecule has 6 heteroatoms. The molecular formula is C19H19FN2O2S. The van der Waals surface area contributed by atoms with Crippen LogP contribution in [0.3, 0.4) is 0 Å². The molecule has 130 valence electrons. The van der Waals surface area contributed by atoms with Gasteiger partial charge in [0.15, 0.2) is 5.17 Å². The van der Waals surface area contributed by atoms with Gasteiger partial charge in [-0.25, -0.2) is 4.39 Å². The molecule has 2 heterocycles. The molecule has 0 unspecified atom stereocenters. The fourth-order valence-electron chi connectivity index (χ4n) is 2.91. The Morgan fingerprint density at radius 2 is 2.12 bits per heavy atom. The fraction of sp³-hybridized carbons (Fsp3) is 0.316. The quantitative estimate of drug-likeness (QED) is 0.900. The summed E-state index contributed by atoms with van der Waals surface area (Å²) in [6.45, 7) is 2.12. The minimum atomic E-state index is -0.465. The summed E-state index contributed by atoms with van der Waals surface area (Å²) in [5.41, 5.74) is 2.54. The lowest BCUT2D eigenvalue weighted by Crippen LogP contribution is -2.27. The molecule has 0 amide bonds. The average molecular weight is 358 g/mol. The van der Waals surface area contributed by atoms with Crippen LogP contribution in [-0.4, -0.2) is 18.3 Å². The van der Waals surface area contributed by atoms with Crippen molar-refractivity contribution in [3.63, 3.8) is 0 Å². The van der Waals surface area contributed by atoms with E-state index >= 15 is 0 Å². The van der Waals surface area contributed by atoms with E-state index in [2.05, 4.69) is 10.3 Å². The molecule has 2 aliphatic heterocycles. The maximum atomic E-state index is 14.0. The van der Waals surface area contributed by atoms with E-state index < -0.39 is 6.29 Å². The van der Waals surface area contributed by atoms with Gasteiger partial charge in [0.25, 0.3) is 0 Å². The van der Waals surface area contributed by atoms with E-state index in [1.54, 1.807) is 17.8 Å². The van der Waals surface area contributed by atoms with Crippen molar-refractivity contribution in [3.8, 4) is 5.75 Å². The molecule has 25 heavy (non-hydrogen) atoms. The predicted octanol–water partition coefficient (Wildman–Crippen LogP) is 4.02. The van der Waals surface area contributed by atoms with E-state index in [9.17, 15) is 4.39 Å². The highest BCUT2D eigenvalue weighted by molar-refractivity contribution is 8.13. The molecule has 1 atom stereocenters. The molecule has 0 saturated carbocycles. The van der Waals surface area contributed by atoms with Crippen LogP contribution in [0.2, 0.25) is 0 Å². The van der Waals surface area contributed by atoms with Crippen LogP contribution in [0.15, 0.2) is 47.5 Å². The summed E-state index contributed by atoms with van der Waals surface area (Å²) in [6, 6.07) is 12.8. The molecule has 1 N–H and O–H groups in total. The van der Waals surface area contributed by atoms with Gasteiger partial charge in [-0.05, 0) is 18.6 Å². The van der Waals surface area contributed by atoms with Crippen LogP contribution >= 0.6 is 11.8 Å². The SMILES string of the molecule is Fc1cc2c(c(CSC3=NCCCN3)c1)O[C@@H](c1ccccc1)OC2. The van der Waals surface area contributed by atoms with E-state index in [-0.39, 0.29) is 5.82 Å². The second kappa shape index (κ2) is 7.45. The van der Waals surface area contributed by atoms with Crippen LogP contribution in [0.5, 0.6) is 5.75 Å². The van der Waals surface area contributed by atoms with Crippen molar-refractivity contribution >= 4 is 16.9 Å². The molecule has 0 radical (unpaired) electrons. The second-order valence-corrected chi connectivity index (χ2v) is 6.94. The van der Waals surface area contributed by atoms with Crippen LogP contribution in [0, 0.1) is 5.82 Å². The number of nitrogens with zero attached hydrogens (tertiary/aromatic N) is 1. The number of thioether (sulfide) groups is 1. The van der Waals surface area contributed by atoms with Crippen LogP contribution in [0.1, 0.15) is 29.4 Å². The molecular weight excluding hydrogens is 339 g/mol. The van der Waals surface area contributed by atoms with Gasteiger partial charge in [0.05, 0.1) is 6.61 Å². The van der Waals surface area contributed by atoms with Crippen molar-refractivity contribution < 1.29 is 13.9 Å². The lowest BCUT2D eigenvalue weighted by molar-refractivity contribution is -0.112. The number of amidine groups is 1. The first-order valence-electron chi connectivity index (χ1n) is 8.35. The predicted molar refractivity (Wildman–Crippen MR) is 97.2 cm³/mol. The molecule has 0 saturated heterocycles. The number of ether oxygens (including phenoxy) is 2. The van der Waals surface area contributed by atoms with E-state index in [0.717, 1.165) is 47.1 Å². The van der Waals surface area contributed by atoms with Gasteiger partial charge in [-0.1, -0.05) is 42.1 Å². The number of nitrogens with one attached hydrogen (secondary N) is 1. The zero-order valence-corrected chi connectivity index (χ0v) is 14.5. The minimum absolute atomic E-state index is 0.266. The van der Waals surface area contributed by atoms with Crippen LogP contribution in [0.25, 0.3) is 0 Å². The third kappa shape index (κ3) is 3.80. The topological polar surface area (TPSA) is 42.9 Å². The van der Waals surface area contributed by atoms with E-state index in [0.29, 0.717) is 12.4 Å². The minimum Gasteiger partial charge on any atom is -0.460 e. The van der Waals surface area contributed by atoms with Gasteiger partial charge in [-0.15, -0.1) is 0 Å². The second-order valence-electron chi connectivity index (χ2n) is 5.98. The van der Waals surface area contributed by atoms with Gasteiger partial charge in [-0.2, -0.15) is 0 Å². The number of hydrogen-bond acceptors (Lipinski definition) is 5. The maximum absolute atomic E-state index is 14.0. The summed E-state index contributed by atoms with van der Waals surface area (Å²) in [4.78, 5) is 4.45. The highest BCUT2D eigenvalue weighted by Crippen LogP contribution is 2.38. The molecule has 2 aromatic carbocycles. The summed E-state index contributed by atoms with van der Waals surface area (Å²) in [6.07, 6.45) is 0.589. The Kier molecular flexibility index (Phi) is 4.90. The van der Waals surface area contributed by atoms with Crippen molar-refractivity contribution in [2.24, 2.45) is 4.99 Å². The number of halogens is 1. The highest BCUT2D eigenvalue weighted by Gasteiger charge is 2.25. The van der Waals surface area contributed by atoms with Crippen LogP contribution in [-0.2, 0) is 17.1 Å². The van der Waals surface area contributed by atoms with Crippen molar-refractivity contribution in [1.29, 1.82) is 0 Å². The third-order valence-electron chi connectivity index (χ3n) is 4.13. The summed E-state index contributed by atoms with van der Waals surface area (Å²) in [5, 5.41) is 4.19. The number of aliphatic imine (C=N–C) groups is 1. The Hall–Kier alpha value is -2.05. The normalized spacial score (nSPS) is 19.4. The number of rotatable bonds is 3. The molecule has 2 aromatic rings. The molecule has 4 rings (SSSR count). The van der Waals surface area contributed by atoms with E-state index in [1.807, 2.05) is 30.3 Å². The number of hydrogen-bond donors (Lipinski definition) is 1. The van der Waals surface area contributed by atoms with Crippen molar-refractivity contribution in [2.45, 2.75) is 25.1 Å². The molecule has 0 bridgehead atoms. The van der Waals surface area contributed by atoms with Gasteiger partial charge in [0.2, 0.25) is 6.29 Å². The average Bonchev–Trinajstić information content (AvgIpc) is 2.67. The van der Waals surface area contributed by atoms with Crippen LogP contribution < -0.4 is 10.1 Å². The molecule has 0 aliphatic carbocycles. The Morgan fingerprint density at radius 1 is 1.24 bits per heavy atom. The van der Waals surface area contributed by atoms with Gasteiger partial charge in [0.1, 0.15) is 11.6 Å². The zero-order valence-electron chi connectivity index (χ0n) is 13.7. The van der Waals surface area contributed by atoms with Crippen molar-refractivity contribution in [1.82, 2.24) is 5.32 Å². The zero-order chi connectivity index (χ0) is 17.1. The van der Waals surface area contributed by atoms with Gasteiger partial charge < -0.3 is 14.8 Å². The Balaban J connectivity index is 1.56. The van der Waals surface area contributed by atoms with Gasteiger partial charge in [-0.3, -0.25) is 4.99 Å². The van der Waals surface area contributed by atoms with Crippen molar-refractivity contribution in [3.05, 3.63) is 65.0 Å². The fourth-order valence-corrected chi connectivity index (χ4v) is 3.81. The summed E-state index contributed by atoms with van der Waals surface area (Å²) < 4.78 is 25.8. The molecule has 0 spiro atoms. The van der Waals surface area contributed by atoms with Gasteiger partial charge in [0, 0.05) is 35.5 Å². The Morgan fingerprint density at radius 3 is 2.92 bits per heavy atom. The Bertz CT molecular complexity index is 782. The smallest absolute Gasteiger partial charge is 0.227 e. The first-order valence-corrected chi connectivity index (χ1v) is 9.34. The molecule has 2 aliphatic rings. The van der Waals surface area contributed by atoms with E-state index in [1.165, 1.54) is 6.07 Å². The largest absolute Gasteiger partial charge is 0.460 e. The molecule has 4 nitrogen and oxygen atoms in total. The highest BCUT2D eigenvalue weighted by atomic mass is 32.2. The first-order chi connectivity index (χ1) is 12.3. The van der Waals surface area contributed by atoms with E-state index in [4.69, 9.17) is 9.47 Å².